The molecule has 7 nitrogen and oxygen atoms in total. The van der Waals surface area contributed by atoms with Gasteiger partial charge in [-0.2, -0.15) is 0 Å². The van der Waals surface area contributed by atoms with E-state index in [0.717, 1.165) is 53.3 Å². The van der Waals surface area contributed by atoms with Crippen molar-refractivity contribution in [3.63, 3.8) is 0 Å². The molecule has 1 atom stereocenters. The third-order valence-corrected chi connectivity index (χ3v) is 7.15. The van der Waals surface area contributed by atoms with Crippen LogP contribution in [-0.2, 0) is 17.6 Å². The van der Waals surface area contributed by atoms with Crippen molar-refractivity contribution in [2.24, 2.45) is 0 Å². The second-order valence-electron chi connectivity index (χ2n) is 11.2. The molecule has 1 unspecified atom stereocenters. The zero-order chi connectivity index (χ0) is 25.4. The number of nitrogens with one attached hydrogen (secondary N) is 1. The number of fused-ring (bicyclic) bond motifs is 4. The van der Waals surface area contributed by atoms with Gasteiger partial charge in [0.05, 0.1) is 5.52 Å². The number of hydrogen-bond acceptors (Lipinski definition) is 5. The highest BCUT2D eigenvalue weighted by Gasteiger charge is 2.30. The molecule has 2 heterocycles. The largest absolute Gasteiger partial charge is 0.444 e. The van der Waals surface area contributed by atoms with Gasteiger partial charge in [0.2, 0.25) is 0 Å². The quantitative estimate of drug-likeness (QED) is 0.399. The van der Waals surface area contributed by atoms with Crippen molar-refractivity contribution < 1.29 is 13.9 Å². The van der Waals surface area contributed by atoms with Gasteiger partial charge in [0.1, 0.15) is 5.60 Å². The molecule has 2 aromatic heterocycles. The Morgan fingerprint density at radius 3 is 2.58 bits per heavy atom. The molecule has 2 aliphatic carbocycles. The predicted octanol–water partition coefficient (Wildman–Crippen LogP) is 5.75. The summed E-state index contributed by atoms with van der Waals surface area (Å²) in [5.41, 5.74) is 7.08. The van der Waals surface area contributed by atoms with E-state index in [-0.39, 0.29) is 23.7 Å². The zero-order valence-electron chi connectivity index (χ0n) is 21.4. The first-order valence-electron chi connectivity index (χ1n) is 12.7. The molecule has 0 spiro atoms. The summed E-state index contributed by atoms with van der Waals surface area (Å²) >= 11 is 0. The van der Waals surface area contributed by atoms with Crippen LogP contribution in [0.25, 0.3) is 33.1 Å². The van der Waals surface area contributed by atoms with Gasteiger partial charge in [-0.25, -0.2) is 9.78 Å². The second kappa shape index (κ2) is 7.95. The Morgan fingerprint density at radius 2 is 1.86 bits per heavy atom. The van der Waals surface area contributed by atoms with Gasteiger partial charge in [0.15, 0.2) is 17.0 Å². The highest BCUT2D eigenvalue weighted by molar-refractivity contribution is 6.04. The number of aromatic nitrogens is 2. The van der Waals surface area contributed by atoms with Crippen molar-refractivity contribution in [2.75, 3.05) is 0 Å². The van der Waals surface area contributed by atoms with E-state index >= 15 is 0 Å². The molecule has 0 aliphatic heterocycles. The number of oxazole rings is 1. The van der Waals surface area contributed by atoms with E-state index in [0.29, 0.717) is 17.0 Å². The lowest BCUT2D eigenvalue weighted by atomic mass is 9.95. The van der Waals surface area contributed by atoms with Crippen molar-refractivity contribution in [1.82, 2.24) is 14.9 Å². The maximum Gasteiger partial charge on any atom is 0.407 e. The van der Waals surface area contributed by atoms with Crippen molar-refractivity contribution in [1.29, 1.82) is 0 Å². The summed E-state index contributed by atoms with van der Waals surface area (Å²) in [7, 11) is 0. The van der Waals surface area contributed by atoms with Gasteiger partial charge in [-0.15, -0.1) is 0 Å². The fourth-order valence-corrected chi connectivity index (χ4v) is 5.52. The van der Waals surface area contributed by atoms with Crippen molar-refractivity contribution in [2.45, 2.75) is 78.0 Å². The molecule has 2 aromatic carbocycles. The van der Waals surface area contributed by atoms with E-state index in [1.807, 2.05) is 25.3 Å². The molecule has 0 radical (unpaired) electrons. The highest BCUT2D eigenvalue weighted by atomic mass is 16.6. The average Bonchev–Trinajstić information content (AvgIpc) is 3.42. The number of carbonyl (C=O) groups is 1. The smallest absolute Gasteiger partial charge is 0.407 e. The molecule has 1 fully saturated rings. The molecule has 2 aliphatic rings. The number of carbonyl (C=O) groups excluding carboxylic acids is 1. The molecular weight excluding hydrogens is 454 g/mol. The summed E-state index contributed by atoms with van der Waals surface area (Å²) in [5, 5.41) is 3.95. The summed E-state index contributed by atoms with van der Waals surface area (Å²) in [6.07, 6.45) is 3.19. The summed E-state index contributed by atoms with van der Waals surface area (Å²) in [6, 6.07) is 10.9. The van der Waals surface area contributed by atoms with Crippen LogP contribution in [-0.4, -0.2) is 27.3 Å². The monoisotopic (exact) mass is 485 g/mol. The maximum absolute atomic E-state index is 13.4. The normalized spacial score (nSPS) is 17.5. The first-order chi connectivity index (χ1) is 17.1. The Hall–Kier alpha value is -3.61. The van der Waals surface area contributed by atoms with Gasteiger partial charge in [-0.1, -0.05) is 24.3 Å². The van der Waals surface area contributed by atoms with Crippen LogP contribution >= 0.6 is 0 Å². The number of rotatable bonds is 3. The third kappa shape index (κ3) is 3.87. The minimum atomic E-state index is -0.520. The Kier molecular flexibility index (Phi) is 5.04. The molecule has 0 bridgehead atoms. The molecule has 1 amide bonds. The van der Waals surface area contributed by atoms with Gasteiger partial charge >= 0.3 is 6.09 Å². The zero-order valence-corrected chi connectivity index (χ0v) is 21.4. The molecule has 7 heteroatoms. The lowest BCUT2D eigenvalue weighted by Gasteiger charge is -2.21. The van der Waals surface area contributed by atoms with Crippen molar-refractivity contribution in [3.8, 4) is 11.1 Å². The number of hydrogen-bond donors (Lipinski definition) is 1. The first kappa shape index (κ1) is 22.8. The van der Waals surface area contributed by atoms with Crippen LogP contribution in [0.2, 0.25) is 0 Å². The van der Waals surface area contributed by atoms with Crippen molar-refractivity contribution >= 4 is 28.1 Å². The Morgan fingerprint density at radius 1 is 1.11 bits per heavy atom. The van der Waals surface area contributed by atoms with Crippen LogP contribution in [0.15, 0.2) is 39.5 Å². The van der Waals surface area contributed by atoms with E-state index in [4.69, 9.17) is 9.15 Å². The number of pyridine rings is 1. The van der Waals surface area contributed by atoms with Crippen LogP contribution in [0.1, 0.15) is 62.2 Å². The fourth-order valence-electron chi connectivity index (χ4n) is 5.52. The molecule has 0 saturated heterocycles. The molecular formula is C29H31N3O4. The molecule has 1 saturated carbocycles. The minimum Gasteiger partial charge on any atom is -0.444 e. The topological polar surface area (TPSA) is 86.4 Å². The van der Waals surface area contributed by atoms with Gasteiger partial charge in [-0.05, 0) is 87.3 Å². The van der Waals surface area contributed by atoms with Crippen LogP contribution in [0.5, 0.6) is 0 Å². The van der Waals surface area contributed by atoms with Crippen LogP contribution in [0.4, 0.5) is 4.79 Å². The first-order valence-corrected chi connectivity index (χ1v) is 12.7. The van der Waals surface area contributed by atoms with Gasteiger partial charge < -0.3 is 19.0 Å². The second-order valence-corrected chi connectivity index (χ2v) is 11.2. The summed E-state index contributed by atoms with van der Waals surface area (Å²) < 4.78 is 13.3. The van der Waals surface area contributed by atoms with Crippen LogP contribution in [0, 0.1) is 13.8 Å². The summed E-state index contributed by atoms with van der Waals surface area (Å²) in [5.74, 6) is 0.506. The maximum atomic E-state index is 13.4. The summed E-state index contributed by atoms with van der Waals surface area (Å²) in [4.78, 5) is 30.1. The number of nitrogens with zero attached hydrogens (tertiary/aromatic N) is 2. The predicted molar refractivity (Wildman–Crippen MR) is 140 cm³/mol. The standard InChI is InChI=1S/C29H31N3O4/c1-15-22(18-7-6-17-13-20(14-19(17)12-18)31-28(34)36-29(3,4)5)10-11-23-25(15)32(21-8-9-21)27(33)24-26(23)35-16(2)30-24/h6-7,10-12,20-21H,8-9,13-14H2,1-5H3,(H,31,34). The molecule has 1 N–H and O–H groups in total. The fraction of sp³-hybridized carbons (Fsp3) is 0.414. The van der Waals surface area contributed by atoms with Gasteiger partial charge in [-0.3, -0.25) is 4.79 Å². The van der Waals surface area contributed by atoms with E-state index in [9.17, 15) is 9.59 Å². The Bertz CT molecular complexity index is 1600. The third-order valence-electron chi connectivity index (χ3n) is 7.15. The number of alkyl carbamates (subject to hydrolysis) is 1. The lowest BCUT2D eigenvalue weighted by molar-refractivity contribution is 0.0506. The van der Waals surface area contributed by atoms with E-state index < -0.39 is 5.60 Å². The van der Waals surface area contributed by atoms with E-state index in [1.54, 1.807) is 6.92 Å². The SMILES string of the molecule is Cc1nc2c(=O)n(C3CC3)c3c(C)c(-c4ccc5c(c4)CC(NC(=O)OC(C)(C)C)C5)ccc3c2o1. The molecule has 36 heavy (non-hydrogen) atoms. The molecule has 6 rings (SSSR count). The van der Waals surface area contributed by atoms with Gasteiger partial charge in [0, 0.05) is 24.4 Å². The van der Waals surface area contributed by atoms with E-state index in [1.165, 1.54) is 11.1 Å². The average molecular weight is 486 g/mol. The van der Waals surface area contributed by atoms with Crippen LogP contribution < -0.4 is 10.9 Å². The van der Waals surface area contributed by atoms with Crippen LogP contribution in [0.3, 0.4) is 0 Å². The Labute approximate surface area is 209 Å². The Balaban J connectivity index is 1.38. The number of aryl methyl sites for hydroxylation is 2. The highest BCUT2D eigenvalue weighted by Crippen LogP contribution is 2.40. The van der Waals surface area contributed by atoms with Gasteiger partial charge in [0.25, 0.3) is 5.56 Å². The minimum absolute atomic E-state index is 0.0193. The number of amides is 1. The summed E-state index contributed by atoms with van der Waals surface area (Å²) in [6.45, 7) is 9.47. The number of ether oxygens (including phenoxy) is 1. The number of benzene rings is 2. The van der Waals surface area contributed by atoms with E-state index in [2.05, 4.69) is 47.6 Å². The van der Waals surface area contributed by atoms with Crippen molar-refractivity contribution in [3.05, 3.63) is 63.3 Å². The lowest BCUT2D eigenvalue weighted by Crippen LogP contribution is -2.39. The molecule has 186 valence electrons. The molecule has 4 aromatic rings.